The van der Waals surface area contributed by atoms with Crippen molar-refractivity contribution in [2.24, 2.45) is 0 Å². The Labute approximate surface area is 170 Å². The van der Waals surface area contributed by atoms with Gasteiger partial charge in [-0.2, -0.15) is 13.2 Å². The number of carbonyl (C=O) groups is 1. The van der Waals surface area contributed by atoms with E-state index in [2.05, 4.69) is 4.98 Å². The third kappa shape index (κ3) is 4.37. The zero-order chi connectivity index (χ0) is 21.3. The van der Waals surface area contributed by atoms with E-state index in [1.165, 1.54) is 30.3 Å². The number of hydrogen-bond acceptors (Lipinski definition) is 2. The van der Waals surface area contributed by atoms with Crippen LogP contribution in [0, 0.1) is 5.82 Å². The molecule has 3 aromatic rings. The summed E-state index contributed by atoms with van der Waals surface area (Å²) in [5.41, 5.74) is -0.00149. The lowest BCUT2D eigenvalue weighted by atomic mass is 10.1. The molecule has 1 amide bonds. The fourth-order valence-electron chi connectivity index (χ4n) is 3.33. The summed E-state index contributed by atoms with van der Waals surface area (Å²) in [5.74, 6) is -0.368. The lowest BCUT2D eigenvalue weighted by Gasteiger charge is -2.23. The molecule has 1 aliphatic carbocycles. The van der Waals surface area contributed by atoms with Gasteiger partial charge in [-0.1, -0.05) is 24.3 Å². The number of amides is 1. The van der Waals surface area contributed by atoms with Crippen LogP contribution < -0.4 is 0 Å². The van der Waals surface area contributed by atoms with Crippen LogP contribution in [0.3, 0.4) is 0 Å². The smallest absolute Gasteiger partial charge is 0.329 e. The van der Waals surface area contributed by atoms with Crippen molar-refractivity contribution in [1.82, 2.24) is 14.5 Å². The molecule has 0 radical (unpaired) electrons. The van der Waals surface area contributed by atoms with E-state index in [9.17, 15) is 22.4 Å². The summed E-state index contributed by atoms with van der Waals surface area (Å²) in [5, 5.41) is 0. The predicted octanol–water partition coefficient (Wildman–Crippen LogP) is 4.89. The van der Waals surface area contributed by atoms with Gasteiger partial charge >= 0.3 is 6.18 Å². The highest BCUT2D eigenvalue weighted by molar-refractivity contribution is 5.94. The number of rotatable bonds is 6. The number of alkyl halides is 3. The average Bonchev–Trinajstić information content (AvgIpc) is 3.46. The summed E-state index contributed by atoms with van der Waals surface area (Å²) in [7, 11) is 0. The molecule has 0 unspecified atom stereocenters. The molecule has 30 heavy (non-hydrogen) atoms. The normalized spacial score (nSPS) is 14.0. The van der Waals surface area contributed by atoms with Gasteiger partial charge in [0.1, 0.15) is 11.6 Å². The Bertz CT molecular complexity index is 1040. The third-order valence-electron chi connectivity index (χ3n) is 5.10. The quantitative estimate of drug-likeness (QED) is 0.536. The molecule has 0 N–H and O–H groups in total. The van der Waals surface area contributed by atoms with E-state index < -0.39 is 17.6 Å². The molecule has 156 valence electrons. The molecule has 1 heterocycles. The van der Waals surface area contributed by atoms with Crippen molar-refractivity contribution in [1.29, 1.82) is 0 Å². The van der Waals surface area contributed by atoms with Crippen molar-refractivity contribution < 1.29 is 22.4 Å². The van der Waals surface area contributed by atoms with E-state index in [4.69, 9.17) is 0 Å². The fraction of sp³-hybridized carbons (Fsp3) is 0.273. The molecule has 0 aliphatic heterocycles. The maximum Gasteiger partial charge on any atom is 0.416 e. The molecule has 2 aromatic carbocycles. The van der Waals surface area contributed by atoms with Gasteiger partial charge in [-0.3, -0.25) is 4.79 Å². The molecule has 0 atom stereocenters. The molecule has 0 saturated heterocycles. The number of aromatic nitrogens is 2. The van der Waals surface area contributed by atoms with Crippen LogP contribution in [0.4, 0.5) is 17.6 Å². The highest BCUT2D eigenvalue weighted by Crippen LogP contribution is 2.31. The molecule has 0 bridgehead atoms. The van der Waals surface area contributed by atoms with Crippen LogP contribution in [0.25, 0.3) is 0 Å². The van der Waals surface area contributed by atoms with Gasteiger partial charge in [0.2, 0.25) is 0 Å². The molecule has 1 aliphatic rings. The first-order valence-electron chi connectivity index (χ1n) is 9.54. The Balaban J connectivity index is 1.52. The van der Waals surface area contributed by atoms with Gasteiger partial charge in [0.15, 0.2) is 0 Å². The summed E-state index contributed by atoms with van der Waals surface area (Å²) < 4.78 is 54.1. The highest BCUT2D eigenvalue weighted by atomic mass is 19.4. The monoisotopic (exact) mass is 417 g/mol. The van der Waals surface area contributed by atoms with E-state index in [-0.39, 0.29) is 24.1 Å². The van der Waals surface area contributed by atoms with Crippen LogP contribution >= 0.6 is 0 Å². The zero-order valence-electron chi connectivity index (χ0n) is 15.9. The standard InChI is InChI=1S/C22H19F4N3O/c23-19-4-2-1-3-18(19)21(30)29(17-9-10-17)14-20-27-11-12-28(20)13-15-5-7-16(8-6-15)22(24,25)26/h1-8,11-12,17H,9-10,13-14H2. The Kier molecular flexibility index (Phi) is 5.32. The van der Waals surface area contributed by atoms with Gasteiger partial charge in [-0.25, -0.2) is 9.37 Å². The molecule has 1 aromatic heterocycles. The Morgan fingerprint density at radius 3 is 2.43 bits per heavy atom. The van der Waals surface area contributed by atoms with Crippen LogP contribution in [0.1, 0.15) is 40.2 Å². The summed E-state index contributed by atoms with van der Waals surface area (Å²) in [6, 6.07) is 10.8. The molecule has 4 nitrogen and oxygen atoms in total. The molecule has 0 spiro atoms. The van der Waals surface area contributed by atoms with Crippen molar-refractivity contribution >= 4 is 5.91 Å². The molecule has 1 fully saturated rings. The largest absolute Gasteiger partial charge is 0.416 e. The maximum absolute atomic E-state index is 14.1. The minimum absolute atomic E-state index is 0.0187. The van der Waals surface area contributed by atoms with Crippen LogP contribution in [0.5, 0.6) is 0 Å². The van der Waals surface area contributed by atoms with Crippen molar-refractivity contribution in [3.8, 4) is 0 Å². The first kappa shape index (κ1) is 20.1. The summed E-state index contributed by atoms with van der Waals surface area (Å²) in [6.45, 7) is 0.519. The van der Waals surface area contributed by atoms with Gasteiger partial charge in [0, 0.05) is 25.0 Å². The summed E-state index contributed by atoms with van der Waals surface area (Å²) in [6.07, 6.45) is 0.611. The molecular weight excluding hydrogens is 398 g/mol. The first-order valence-corrected chi connectivity index (χ1v) is 9.54. The van der Waals surface area contributed by atoms with E-state index in [0.717, 1.165) is 25.0 Å². The molecule has 1 saturated carbocycles. The van der Waals surface area contributed by atoms with Crippen molar-refractivity contribution in [3.63, 3.8) is 0 Å². The number of carbonyl (C=O) groups excluding carboxylic acids is 1. The second-order valence-electron chi connectivity index (χ2n) is 7.31. The van der Waals surface area contributed by atoms with Gasteiger partial charge in [0.25, 0.3) is 5.91 Å². The fourth-order valence-corrected chi connectivity index (χ4v) is 3.33. The second kappa shape index (κ2) is 7.93. The zero-order valence-corrected chi connectivity index (χ0v) is 15.9. The molecule has 8 heteroatoms. The Morgan fingerprint density at radius 2 is 1.80 bits per heavy atom. The van der Waals surface area contributed by atoms with Crippen molar-refractivity contribution in [2.45, 2.75) is 38.1 Å². The second-order valence-corrected chi connectivity index (χ2v) is 7.31. The minimum Gasteiger partial charge on any atom is -0.329 e. The van der Waals surface area contributed by atoms with Crippen molar-refractivity contribution in [3.05, 3.63) is 89.3 Å². The predicted molar refractivity (Wildman–Crippen MR) is 102 cm³/mol. The van der Waals surface area contributed by atoms with Crippen LogP contribution in [0.2, 0.25) is 0 Å². The van der Waals surface area contributed by atoms with Crippen LogP contribution in [-0.2, 0) is 19.3 Å². The van der Waals surface area contributed by atoms with E-state index >= 15 is 0 Å². The third-order valence-corrected chi connectivity index (χ3v) is 5.10. The number of nitrogens with zero attached hydrogens (tertiary/aromatic N) is 3. The Hall–Kier alpha value is -3.16. The number of imidazole rings is 1. The van der Waals surface area contributed by atoms with Crippen LogP contribution in [-0.4, -0.2) is 26.4 Å². The van der Waals surface area contributed by atoms with Gasteiger partial charge in [0.05, 0.1) is 17.7 Å². The summed E-state index contributed by atoms with van der Waals surface area (Å²) >= 11 is 0. The highest BCUT2D eigenvalue weighted by Gasteiger charge is 2.35. The number of hydrogen-bond donors (Lipinski definition) is 0. The van der Waals surface area contributed by atoms with Crippen LogP contribution in [0.15, 0.2) is 60.9 Å². The van der Waals surface area contributed by atoms with Gasteiger partial charge in [-0.15, -0.1) is 0 Å². The lowest BCUT2D eigenvalue weighted by Crippen LogP contribution is -2.34. The maximum atomic E-state index is 14.1. The summed E-state index contributed by atoms with van der Waals surface area (Å²) in [4.78, 5) is 18.8. The SMILES string of the molecule is O=C(c1ccccc1F)N(Cc1nccn1Cc1ccc(C(F)(F)F)cc1)C1CC1. The first-order chi connectivity index (χ1) is 14.3. The number of benzene rings is 2. The van der Waals surface area contributed by atoms with Gasteiger partial charge in [-0.05, 0) is 42.7 Å². The average molecular weight is 417 g/mol. The minimum atomic E-state index is -4.38. The topological polar surface area (TPSA) is 38.1 Å². The molecule has 4 rings (SSSR count). The molecular formula is C22H19F4N3O. The van der Waals surface area contributed by atoms with E-state index in [1.807, 2.05) is 0 Å². The van der Waals surface area contributed by atoms with E-state index in [1.54, 1.807) is 27.9 Å². The van der Waals surface area contributed by atoms with Gasteiger partial charge < -0.3 is 9.47 Å². The lowest BCUT2D eigenvalue weighted by molar-refractivity contribution is -0.137. The van der Waals surface area contributed by atoms with E-state index in [0.29, 0.717) is 17.9 Å². The number of halogens is 4. The van der Waals surface area contributed by atoms with Crippen molar-refractivity contribution in [2.75, 3.05) is 0 Å². The Morgan fingerprint density at radius 1 is 1.10 bits per heavy atom.